The van der Waals surface area contributed by atoms with Gasteiger partial charge in [0.2, 0.25) is 11.8 Å². The quantitative estimate of drug-likeness (QED) is 0.574. The highest BCUT2D eigenvalue weighted by molar-refractivity contribution is 6.00. The predicted octanol–water partition coefficient (Wildman–Crippen LogP) is 4.68. The number of carbonyl (C=O) groups is 2. The molecule has 2 aromatic rings. The topological polar surface area (TPSA) is 65.5 Å². The van der Waals surface area contributed by atoms with Crippen molar-refractivity contribution in [2.45, 2.75) is 71.0 Å². The van der Waals surface area contributed by atoms with Gasteiger partial charge in [-0.15, -0.1) is 12.4 Å². The minimum Gasteiger partial charge on any atom is -0.342 e. The van der Waals surface area contributed by atoms with Crippen molar-refractivity contribution in [3.05, 3.63) is 54.2 Å². The summed E-state index contributed by atoms with van der Waals surface area (Å²) in [5.74, 6) is 0.512. The number of aromatic nitrogens is 1. The van der Waals surface area contributed by atoms with E-state index in [2.05, 4.69) is 60.2 Å². The zero-order chi connectivity index (χ0) is 24.1. The lowest BCUT2D eigenvalue weighted by Gasteiger charge is -2.52. The zero-order valence-corrected chi connectivity index (χ0v) is 22.0. The van der Waals surface area contributed by atoms with E-state index < -0.39 is 5.54 Å². The van der Waals surface area contributed by atoms with E-state index in [4.69, 9.17) is 0 Å². The Hall–Kier alpha value is -2.44. The molecule has 2 aliphatic heterocycles. The van der Waals surface area contributed by atoms with Crippen molar-refractivity contribution in [2.75, 3.05) is 19.6 Å². The van der Waals surface area contributed by atoms with E-state index >= 15 is 0 Å². The Labute approximate surface area is 215 Å². The third-order valence-corrected chi connectivity index (χ3v) is 7.23. The van der Waals surface area contributed by atoms with E-state index in [1.54, 1.807) is 0 Å². The number of halogens is 1. The van der Waals surface area contributed by atoms with Gasteiger partial charge in [-0.3, -0.25) is 19.5 Å². The molecule has 2 fully saturated rings. The number of amides is 2. The summed E-state index contributed by atoms with van der Waals surface area (Å²) < 4.78 is 0. The molecule has 2 aliphatic rings. The number of rotatable bonds is 8. The van der Waals surface area contributed by atoms with Crippen molar-refractivity contribution in [1.29, 1.82) is 0 Å². The van der Waals surface area contributed by atoms with Crippen LogP contribution < -0.4 is 5.32 Å². The molecule has 2 saturated heterocycles. The maximum Gasteiger partial charge on any atom is 0.246 e. The molecule has 1 atom stereocenters. The van der Waals surface area contributed by atoms with Gasteiger partial charge in [-0.2, -0.15) is 0 Å². The molecule has 2 amide bonds. The lowest BCUT2D eigenvalue weighted by molar-refractivity contribution is -0.161. The number of nitrogens with zero attached hydrogens (tertiary/aromatic N) is 3. The lowest BCUT2D eigenvalue weighted by atomic mass is 9.80. The summed E-state index contributed by atoms with van der Waals surface area (Å²) in [5.41, 5.74) is 2.55. The molecule has 1 aromatic carbocycles. The lowest BCUT2D eigenvalue weighted by Crippen LogP contribution is -2.73. The number of pyridine rings is 1. The van der Waals surface area contributed by atoms with Crippen LogP contribution in [0.4, 0.5) is 0 Å². The molecular formula is C28H39ClN4O2. The molecule has 3 heterocycles. The Bertz CT molecular complexity index is 972. The molecule has 7 heteroatoms. The summed E-state index contributed by atoms with van der Waals surface area (Å²) in [6.07, 6.45) is 5.94. The molecule has 1 N–H and O–H groups in total. The molecule has 35 heavy (non-hydrogen) atoms. The zero-order valence-electron chi connectivity index (χ0n) is 21.2. The number of piperidine rings is 1. The number of carbonyl (C=O) groups excluding carboxylic acids is 2. The third kappa shape index (κ3) is 6.04. The number of nitrogens with one attached hydrogen (secondary N) is 1. The first kappa shape index (κ1) is 27.2. The standard InChI is InChI=1S/C28H38N4O2.ClH/c1-4-5-15-32-26(33)25(18-21(2)3)30-27(34)28(32)13-16-31(17-14-28)20-22-11-12-24(29-19-22)23-9-7-6-8-10-23;/h6-12,19,21,25H,4-5,13-18,20H2,1-3H3,(H,30,34);1H/t25-;/m0./s1. The van der Waals surface area contributed by atoms with E-state index in [1.807, 2.05) is 29.3 Å². The van der Waals surface area contributed by atoms with Crippen molar-refractivity contribution in [1.82, 2.24) is 20.1 Å². The van der Waals surface area contributed by atoms with Crippen molar-refractivity contribution in [3.8, 4) is 11.3 Å². The van der Waals surface area contributed by atoms with Crippen LogP contribution in [-0.4, -0.2) is 57.8 Å². The minimum atomic E-state index is -0.703. The fraction of sp³-hybridized carbons (Fsp3) is 0.536. The smallest absolute Gasteiger partial charge is 0.246 e. The van der Waals surface area contributed by atoms with Gasteiger partial charge < -0.3 is 10.2 Å². The van der Waals surface area contributed by atoms with Crippen LogP contribution in [0, 0.1) is 5.92 Å². The molecule has 0 bridgehead atoms. The first-order valence-electron chi connectivity index (χ1n) is 12.8. The fourth-order valence-corrected chi connectivity index (χ4v) is 5.28. The molecule has 0 unspecified atom stereocenters. The second-order valence-corrected chi connectivity index (χ2v) is 10.2. The number of benzene rings is 1. The van der Waals surface area contributed by atoms with E-state index in [0.717, 1.165) is 43.7 Å². The van der Waals surface area contributed by atoms with Crippen LogP contribution in [0.1, 0.15) is 58.4 Å². The maximum atomic E-state index is 13.4. The highest BCUT2D eigenvalue weighted by atomic mass is 35.5. The highest BCUT2D eigenvalue weighted by Crippen LogP contribution is 2.34. The van der Waals surface area contributed by atoms with Crippen LogP contribution >= 0.6 is 12.4 Å². The highest BCUT2D eigenvalue weighted by Gasteiger charge is 2.53. The molecule has 0 saturated carbocycles. The van der Waals surface area contributed by atoms with Crippen LogP contribution in [0.3, 0.4) is 0 Å². The van der Waals surface area contributed by atoms with Gasteiger partial charge in [-0.1, -0.05) is 63.6 Å². The Balaban J connectivity index is 0.00000342. The second kappa shape index (κ2) is 12.0. The SMILES string of the molecule is CCCCN1C(=O)[C@H](CC(C)C)NC(=O)C12CCN(Cc1ccc(-c3ccccc3)nc1)CC2.Cl. The fourth-order valence-electron chi connectivity index (χ4n) is 5.28. The van der Waals surface area contributed by atoms with Crippen molar-refractivity contribution in [3.63, 3.8) is 0 Å². The van der Waals surface area contributed by atoms with Gasteiger partial charge in [-0.05, 0) is 43.2 Å². The summed E-state index contributed by atoms with van der Waals surface area (Å²) >= 11 is 0. The number of likely N-dealkylation sites (tertiary alicyclic amines) is 1. The normalized spacial score (nSPS) is 20.1. The van der Waals surface area contributed by atoms with Crippen LogP contribution in [0.5, 0.6) is 0 Å². The number of hydrogen-bond acceptors (Lipinski definition) is 4. The van der Waals surface area contributed by atoms with Crippen molar-refractivity contribution < 1.29 is 9.59 Å². The van der Waals surface area contributed by atoms with E-state index in [0.29, 0.717) is 31.7 Å². The summed E-state index contributed by atoms with van der Waals surface area (Å²) in [6, 6.07) is 14.0. The minimum absolute atomic E-state index is 0. The van der Waals surface area contributed by atoms with Crippen molar-refractivity contribution in [2.24, 2.45) is 5.92 Å². The van der Waals surface area contributed by atoms with Crippen LogP contribution in [-0.2, 0) is 16.1 Å². The summed E-state index contributed by atoms with van der Waals surface area (Å²) in [4.78, 5) is 35.8. The third-order valence-electron chi connectivity index (χ3n) is 7.23. The van der Waals surface area contributed by atoms with Gasteiger partial charge in [0.05, 0.1) is 5.69 Å². The van der Waals surface area contributed by atoms with E-state index in [-0.39, 0.29) is 30.3 Å². The molecule has 4 rings (SSSR count). The molecule has 6 nitrogen and oxygen atoms in total. The first-order chi connectivity index (χ1) is 16.4. The molecule has 1 spiro atoms. The number of unbranched alkanes of at least 4 members (excludes halogenated alkanes) is 1. The average Bonchev–Trinajstić information content (AvgIpc) is 2.84. The first-order valence-corrected chi connectivity index (χ1v) is 12.8. The van der Waals surface area contributed by atoms with Crippen LogP contribution in [0.15, 0.2) is 48.7 Å². The Morgan fingerprint density at radius 3 is 2.40 bits per heavy atom. The van der Waals surface area contributed by atoms with Crippen LogP contribution in [0.2, 0.25) is 0 Å². The predicted molar refractivity (Wildman–Crippen MR) is 142 cm³/mol. The number of hydrogen-bond donors (Lipinski definition) is 1. The molecule has 0 radical (unpaired) electrons. The Morgan fingerprint density at radius 2 is 1.80 bits per heavy atom. The van der Waals surface area contributed by atoms with Gasteiger partial charge in [0.25, 0.3) is 0 Å². The molecule has 190 valence electrons. The van der Waals surface area contributed by atoms with Gasteiger partial charge in [0.15, 0.2) is 0 Å². The molecular weight excluding hydrogens is 460 g/mol. The van der Waals surface area contributed by atoms with E-state index in [1.165, 1.54) is 5.56 Å². The summed E-state index contributed by atoms with van der Waals surface area (Å²) in [7, 11) is 0. The molecule has 0 aliphatic carbocycles. The van der Waals surface area contributed by atoms with Crippen molar-refractivity contribution >= 4 is 24.2 Å². The maximum absolute atomic E-state index is 13.4. The van der Waals surface area contributed by atoms with Gasteiger partial charge in [0.1, 0.15) is 11.6 Å². The van der Waals surface area contributed by atoms with E-state index in [9.17, 15) is 9.59 Å². The summed E-state index contributed by atoms with van der Waals surface area (Å²) in [6.45, 7) is 9.38. The van der Waals surface area contributed by atoms with Gasteiger partial charge >= 0.3 is 0 Å². The summed E-state index contributed by atoms with van der Waals surface area (Å²) in [5, 5.41) is 3.09. The molecule has 1 aromatic heterocycles. The van der Waals surface area contributed by atoms with Crippen LogP contribution in [0.25, 0.3) is 11.3 Å². The number of piperazine rings is 1. The van der Waals surface area contributed by atoms with Gasteiger partial charge in [-0.25, -0.2) is 0 Å². The largest absolute Gasteiger partial charge is 0.342 e. The Morgan fingerprint density at radius 1 is 1.09 bits per heavy atom. The second-order valence-electron chi connectivity index (χ2n) is 10.2. The Kier molecular flexibility index (Phi) is 9.31. The average molecular weight is 499 g/mol. The van der Waals surface area contributed by atoms with Gasteiger partial charge in [0, 0.05) is 37.9 Å². The monoisotopic (exact) mass is 498 g/mol.